The van der Waals surface area contributed by atoms with Crippen LogP contribution in [0.4, 0.5) is 0 Å². The van der Waals surface area contributed by atoms with Gasteiger partial charge in [-0.15, -0.1) is 0 Å². The van der Waals surface area contributed by atoms with Crippen molar-refractivity contribution in [3.05, 3.63) is 35.4 Å². The van der Waals surface area contributed by atoms with E-state index in [9.17, 15) is 4.79 Å². The molecule has 0 saturated carbocycles. The van der Waals surface area contributed by atoms with Crippen molar-refractivity contribution >= 4 is 17.6 Å². The number of esters is 1. The van der Waals surface area contributed by atoms with Gasteiger partial charge in [-0.1, -0.05) is 43.1 Å². The average molecular weight is 225 g/mol. The Bertz CT molecular complexity index is 389. The molecule has 0 saturated heterocycles. The molecular weight excluding hydrogens is 212 g/mol. The Labute approximate surface area is 94.2 Å². The lowest BCUT2D eigenvalue weighted by atomic mass is 10.0. The fraction of sp³-hybridized carbons (Fsp3) is 0.417. The van der Waals surface area contributed by atoms with Crippen molar-refractivity contribution in [3.8, 4) is 0 Å². The number of rotatable bonds is 3. The summed E-state index contributed by atoms with van der Waals surface area (Å²) in [6.45, 7) is 2.09. The fourth-order valence-electron chi connectivity index (χ4n) is 1.83. The first-order chi connectivity index (χ1) is 7.17. The van der Waals surface area contributed by atoms with Gasteiger partial charge in [-0.3, -0.25) is 0 Å². The quantitative estimate of drug-likeness (QED) is 0.581. The molecule has 0 N–H and O–H groups in total. The summed E-state index contributed by atoms with van der Waals surface area (Å²) in [6.07, 6.45) is 2.66. The van der Waals surface area contributed by atoms with Crippen molar-refractivity contribution in [2.24, 2.45) is 0 Å². The zero-order chi connectivity index (χ0) is 10.9. The second kappa shape index (κ2) is 3.86. The molecule has 1 heterocycles. The summed E-state index contributed by atoms with van der Waals surface area (Å²) >= 11 is 6.33. The number of carbonyl (C=O) groups excluding carboxylic acids is 1. The fourth-order valence-corrected chi connectivity index (χ4v) is 2.20. The van der Waals surface area contributed by atoms with E-state index in [1.165, 1.54) is 0 Å². The number of halogens is 1. The summed E-state index contributed by atoms with van der Waals surface area (Å²) in [5, 5.41) is -0.927. The summed E-state index contributed by atoms with van der Waals surface area (Å²) in [5.41, 5.74) is 1.41. The number of ether oxygens (including phenoxy) is 1. The topological polar surface area (TPSA) is 26.3 Å². The highest BCUT2D eigenvalue weighted by molar-refractivity contribution is 6.25. The van der Waals surface area contributed by atoms with Crippen molar-refractivity contribution < 1.29 is 9.53 Å². The highest BCUT2D eigenvalue weighted by Gasteiger charge is 2.42. The number of fused-ring (bicyclic) bond motifs is 1. The minimum absolute atomic E-state index is 0.309. The maximum atomic E-state index is 11.5. The van der Waals surface area contributed by atoms with Crippen LogP contribution >= 0.6 is 11.6 Å². The molecule has 1 unspecified atom stereocenters. The van der Waals surface area contributed by atoms with Crippen LogP contribution in [0.2, 0.25) is 0 Å². The minimum atomic E-state index is -0.927. The average Bonchev–Trinajstić information content (AvgIpc) is 2.50. The molecule has 2 rings (SSSR count). The number of benzene rings is 1. The molecule has 1 aliphatic rings. The van der Waals surface area contributed by atoms with Crippen molar-refractivity contribution in [1.29, 1.82) is 0 Å². The number of carbonyl (C=O) groups is 1. The Balaban J connectivity index is 2.34. The van der Waals surface area contributed by atoms with Crippen LogP contribution < -0.4 is 0 Å². The Morgan fingerprint density at radius 3 is 2.87 bits per heavy atom. The molecule has 1 aromatic carbocycles. The van der Waals surface area contributed by atoms with Gasteiger partial charge in [-0.25, -0.2) is 4.79 Å². The summed E-state index contributed by atoms with van der Waals surface area (Å²) in [6, 6.07) is 7.32. The first-order valence-electron chi connectivity index (χ1n) is 5.19. The van der Waals surface area contributed by atoms with E-state index >= 15 is 0 Å². The van der Waals surface area contributed by atoms with Crippen LogP contribution in [0.25, 0.3) is 0 Å². The molecule has 0 bridgehead atoms. The van der Waals surface area contributed by atoms with Crippen molar-refractivity contribution in [1.82, 2.24) is 0 Å². The van der Waals surface area contributed by atoms with Crippen molar-refractivity contribution in [3.63, 3.8) is 0 Å². The van der Waals surface area contributed by atoms with E-state index in [0.29, 0.717) is 12.0 Å². The molecule has 0 spiro atoms. The van der Waals surface area contributed by atoms with Crippen molar-refractivity contribution in [2.75, 3.05) is 0 Å². The van der Waals surface area contributed by atoms with E-state index in [-0.39, 0.29) is 5.97 Å². The molecule has 2 nitrogen and oxygen atoms in total. The van der Waals surface area contributed by atoms with Gasteiger partial charge in [-0.2, -0.15) is 0 Å². The minimum Gasteiger partial charge on any atom is -0.435 e. The lowest BCUT2D eigenvalue weighted by Crippen LogP contribution is -2.18. The van der Waals surface area contributed by atoms with Crippen LogP contribution in [-0.2, 0) is 9.80 Å². The van der Waals surface area contributed by atoms with Gasteiger partial charge in [0.2, 0.25) is 5.06 Å². The van der Waals surface area contributed by atoms with Crippen molar-refractivity contribution in [2.45, 2.75) is 31.2 Å². The third-order valence-electron chi connectivity index (χ3n) is 2.66. The molecule has 1 aliphatic heterocycles. The number of cyclic esters (lactones) is 1. The monoisotopic (exact) mass is 224 g/mol. The van der Waals surface area contributed by atoms with E-state index in [1.807, 2.05) is 18.2 Å². The predicted octanol–water partition coefficient (Wildman–Crippen LogP) is 3.44. The summed E-state index contributed by atoms with van der Waals surface area (Å²) in [7, 11) is 0. The van der Waals surface area contributed by atoms with Crippen LogP contribution in [-0.4, -0.2) is 5.97 Å². The molecule has 0 aromatic heterocycles. The van der Waals surface area contributed by atoms with Gasteiger partial charge < -0.3 is 4.74 Å². The number of unbranched alkanes of at least 4 members (excludes halogenated alkanes) is 1. The zero-order valence-electron chi connectivity index (χ0n) is 8.63. The molecule has 3 heteroatoms. The Kier molecular flexibility index (Phi) is 2.70. The molecule has 15 heavy (non-hydrogen) atoms. The first kappa shape index (κ1) is 10.5. The molecule has 80 valence electrons. The largest absolute Gasteiger partial charge is 0.435 e. The number of hydrogen-bond acceptors (Lipinski definition) is 2. The van der Waals surface area contributed by atoms with Gasteiger partial charge in [0.05, 0.1) is 5.56 Å². The Morgan fingerprint density at radius 1 is 1.40 bits per heavy atom. The Hall–Kier alpha value is -1.02. The van der Waals surface area contributed by atoms with Gasteiger partial charge in [-0.05, 0) is 12.5 Å². The first-order valence-corrected chi connectivity index (χ1v) is 5.57. The van der Waals surface area contributed by atoms with E-state index in [0.717, 1.165) is 18.4 Å². The molecule has 1 aromatic rings. The van der Waals surface area contributed by atoms with E-state index in [2.05, 4.69) is 6.92 Å². The second-order valence-electron chi connectivity index (χ2n) is 3.77. The van der Waals surface area contributed by atoms with Gasteiger partial charge in [0.25, 0.3) is 0 Å². The normalized spacial score (nSPS) is 23.7. The van der Waals surface area contributed by atoms with Crippen LogP contribution in [0.1, 0.15) is 42.1 Å². The lowest BCUT2D eigenvalue weighted by molar-refractivity contribution is 0.0232. The maximum Gasteiger partial charge on any atom is 0.340 e. The van der Waals surface area contributed by atoms with Crippen LogP contribution in [0.15, 0.2) is 24.3 Å². The summed E-state index contributed by atoms with van der Waals surface area (Å²) in [4.78, 5) is 11.5. The maximum absolute atomic E-state index is 11.5. The van der Waals surface area contributed by atoms with Gasteiger partial charge >= 0.3 is 5.97 Å². The van der Waals surface area contributed by atoms with Gasteiger partial charge in [0, 0.05) is 12.0 Å². The predicted molar refractivity (Wildman–Crippen MR) is 58.9 cm³/mol. The zero-order valence-corrected chi connectivity index (χ0v) is 9.38. The van der Waals surface area contributed by atoms with E-state index in [1.54, 1.807) is 6.07 Å². The van der Waals surface area contributed by atoms with Gasteiger partial charge in [0.1, 0.15) is 0 Å². The second-order valence-corrected chi connectivity index (χ2v) is 4.38. The molecular formula is C12H13ClO2. The highest BCUT2D eigenvalue weighted by atomic mass is 35.5. The molecule has 0 radical (unpaired) electrons. The number of alkyl halides is 1. The number of hydrogen-bond donors (Lipinski definition) is 0. The Morgan fingerprint density at radius 2 is 2.13 bits per heavy atom. The molecule has 0 fully saturated rings. The standard InChI is InChI=1S/C12H13ClO2/c1-2-3-8-12(13)10-7-5-4-6-9(10)11(14)15-12/h4-7H,2-3,8H2,1H3. The highest BCUT2D eigenvalue weighted by Crippen LogP contribution is 2.43. The molecule has 0 amide bonds. The SMILES string of the molecule is CCCCC1(Cl)OC(=O)c2ccccc21. The smallest absolute Gasteiger partial charge is 0.340 e. The third-order valence-corrected chi connectivity index (χ3v) is 3.13. The summed E-state index contributed by atoms with van der Waals surface area (Å²) in [5.74, 6) is -0.309. The molecule has 1 atom stereocenters. The van der Waals surface area contributed by atoms with E-state index < -0.39 is 5.06 Å². The van der Waals surface area contributed by atoms with Crippen LogP contribution in [0.3, 0.4) is 0 Å². The van der Waals surface area contributed by atoms with Crippen LogP contribution in [0, 0.1) is 0 Å². The molecule has 0 aliphatic carbocycles. The summed E-state index contributed by atoms with van der Waals surface area (Å²) < 4.78 is 5.25. The van der Waals surface area contributed by atoms with Crippen LogP contribution in [0.5, 0.6) is 0 Å². The van der Waals surface area contributed by atoms with Gasteiger partial charge in [0.15, 0.2) is 0 Å². The lowest BCUT2D eigenvalue weighted by Gasteiger charge is -2.20. The van der Waals surface area contributed by atoms with E-state index in [4.69, 9.17) is 16.3 Å². The third kappa shape index (κ3) is 1.74.